The molecule has 4 aromatic rings. The van der Waals surface area contributed by atoms with Crippen LogP contribution >= 0.6 is 11.8 Å². The second kappa shape index (κ2) is 12.1. The SMILES string of the molecule is COc1ccc(-n2c(SCC(=O)Nc3ccc(NC(C)=O)cc3)nc3c(c2=O)C2(CCCCC2)Cc2ccccc2-3)cc1. The van der Waals surface area contributed by atoms with Gasteiger partial charge in [0.05, 0.1) is 29.8 Å². The molecule has 6 rings (SSSR count). The van der Waals surface area contributed by atoms with Gasteiger partial charge >= 0.3 is 0 Å². The molecule has 0 aliphatic heterocycles. The number of carbonyl (C=O) groups excluding carboxylic acids is 2. The number of hydrogen-bond donors (Lipinski definition) is 2. The van der Waals surface area contributed by atoms with E-state index in [4.69, 9.17) is 9.72 Å². The minimum Gasteiger partial charge on any atom is -0.497 e. The fraction of sp³-hybridized carbons (Fsp3) is 0.294. The Labute approximate surface area is 254 Å². The highest BCUT2D eigenvalue weighted by atomic mass is 32.2. The first kappa shape index (κ1) is 28.7. The Bertz CT molecular complexity index is 1730. The molecule has 1 heterocycles. The van der Waals surface area contributed by atoms with Crippen molar-refractivity contribution in [3.63, 3.8) is 0 Å². The Hall–Kier alpha value is -4.37. The molecule has 0 radical (unpaired) electrons. The largest absolute Gasteiger partial charge is 0.497 e. The van der Waals surface area contributed by atoms with Crippen LogP contribution in [0.5, 0.6) is 5.75 Å². The molecule has 1 aromatic heterocycles. The van der Waals surface area contributed by atoms with Crippen molar-refractivity contribution in [3.8, 4) is 22.7 Å². The van der Waals surface area contributed by atoms with Crippen molar-refractivity contribution < 1.29 is 14.3 Å². The molecule has 2 amide bonds. The van der Waals surface area contributed by atoms with Crippen LogP contribution < -0.4 is 20.9 Å². The molecule has 2 aliphatic rings. The summed E-state index contributed by atoms with van der Waals surface area (Å²) in [6.45, 7) is 1.45. The second-order valence-electron chi connectivity index (χ2n) is 11.2. The lowest BCUT2D eigenvalue weighted by Crippen LogP contribution is -2.43. The van der Waals surface area contributed by atoms with Gasteiger partial charge in [0.15, 0.2) is 5.16 Å². The third-order valence-corrected chi connectivity index (χ3v) is 9.29. The van der Waals surface area contributed by atoms with Crippen molar-refractivity contribution in [2.75, 3.05) is 23.5 Å². The number of anilines is 2. The van der Waals surface area contributed by atoms with Crippen LogP contribution in [0.4, 0.5) is 11.4 Å². The van der Waals surface area contributed by atoms with Crippen LogP contribution in [0.15, 0.2) is 82.7 Å². The Morgan fingerprint density at radius 3 is 2.28 bits per heavy atom. The summed E-state index contributed by atoms with van der Waals surface area (Å²) in [5.41, 5.74) is 5.40. The first-order valence-corrected chi connectivity index (χ1v) is 15.6. The number of nitrogens with one attached hydrogen (secondary N) is 2. The Morgan fingerprint density at radius 2 is 1.60 bits per heavy atom. The molecule has 8 nitrogen and oxygen atoms in total. The second-order valence-corrected chi connectivity index (χ2v) is 12.2. The highest BCUT2D eigenvalue weighted by Crippen LogP contribution is 2.49. The molecule has 43 heavy (non-hydrogen) atoms. The standard InChI is InChI=1S/C34H34N4O4S/c1-22(39)35-24-10-12-25(13-11-24)36-29(40)21-43-33-37-31-28-9-5-4-8-23(28)20-34(18-6-3-7-19-34)30(31)32(41)38(33)26-14-16-27(42-2)17-15-26/h4-5,8-17H,3,6-7,18-21H2,1-2H3,(H,35,39)(H,36,40). The van der Waals surface area contributed by atoms with Gasteiger partial charge in [-0.2, -0.15) is 0 Å². The number of nitrogens with zero attached hydrogens (tertiary/aromatic N) is 2. The van der Waals surface area contributed by atoms with Crippen molar-refractivity contribution in [2.24, 2.45) is 0 Å². The lowest BCUT2D eigenvalue weighted by atomic mass is 9.62. The van der Waals surface area contributed by atoms with Gasteiger partial charge in [-0.15, -0.1) is 0 Å². The molecule has 2 aliphatic carbocycles. The summed E-state index contributed by atoms with van der Waals surface area (Å²) < 4.78 is 7.03. The maximum absolute atomic E-state index is 14.7. The molecule has 220 valence electrons. The van der Waals surface area contributed by atoms with E-state index in [1.165, 1.54) is 30.7 Å². The fourth-order valence-corrected chi connectivity index (χ4v) is 7.22. The van der Waals surface area contributed by atoms with Crippen molar-refractivity contribution in [3.05, 3.63) is 94.3 Å². The van der Waals surface area contributed by atoms with Crippen molar-refractivity contribution in [2.45, 2.75) is 56.0 Å². The topological polar surface area (TPSA) is 102 Å². The van der Waals surface area contributed by atoms with Crippen molar-refractivity contribution >= 4 is 35.0 Å². The van der Waals surface area contributed by atoms with E-state index >= 15 is 0 Å². The summed E-state index contributed by atoms with van der Waals surface area (Å²) in [6.07, 6.45) is 6.12. The zero-order chi connectivity index (χ0) is 30.0. The number of ether oxygens (including phenoxy) is 1. The molecule has 1 saturated carbocycles. The molecule has 1 fully saturated rings. The Morgan fingerprint density at radius 1 is 0.930 bits per heavy atom. The number of aromatic nitrogens is 2. The van der Waals surface area contributed by atoms with Gasteiger partial charge in [-0.1, -0.05) is 55.3 Å². The van der Waals surface area contributed by atoms with Gasteiger partial charge in [-0.25, -0.2) is 4.98 Å². The van der Waals surface area contributed by atoms with E-state index in [1.807, 2.05) is 30.3 Å². The van der Waals surface area contributed by atoms with Gasteiger partial charge in [0, 0.05) is 29.3 Å². The summed E-state index contributed by atoms with van der Waals surface area (Å²) in [5, 5.41) is 6.08. The van der Waals surface area contributed by atoms with E-state index in [0.29, 0.717) is 28.0 Å². The molecule has 0 saturated heterocycles. The van der Waals surface area contributed by atoms with Gasteiger partial charge in [-0.3, -0.25) is 19.0 Å². The zero-order valence-electron chi connectivity index (χ0n) is 24.3. The number of hydrogen-bond acceptors (Lipinski definition) is 6. The third-order valence-electron chi connectivity index (χ3n) is 8.35. The number of methoxy groups -OCH3 is 1. The molecule has 0 unspecified atom stereocenters. The van der Waals surface area contributed by atoms with Gasteiger partial charge in [-0.05, 0) is 73.4 Å². The minimum absolute atomic E-state index is 0.0572. The number of carbonyl (C=O) groups is 2. The first-order chi connectivity index (χ1) is 20.9. The molecular weight excluding hydrogens is 560 g/mol. The van der Waals surface area contributed by atoms with Crippen LogP contribution in [0.25, 0.3) is 16.9 Å². The monoisotopic (exact) mass is 594 g/mol. The van der Waals surface area contributed by atoms with Crippen LogP contribution in [0.1, 0.15) is 50.2 Å². The van der Waals surface area contributed by atoms with Gasteiger partial charge < -0.3 is 15.4 Å². The molecule has 1 spiro atoms. The molecule has 2 N–H and O–H groups in total. The predicted molar refractivity (Wildman–Crippen MR) is 170 cm³/mol. The van der Waals surface area contributed by atoms with E-state index in [0.717, 1.165) is 48.9 Å². The number of fused-ring (bicyclic) bond motifs is 4. The van der Waals surface area contributed by atoms with Crippen LogP contribution in [-0.4, -0.2) is 34.2 Å². The minimum atomic E-state index is -0.246. The fourth-order valence-electron chi connectivity index (χ4n) is 6.41. The summed E-state index contributed by atoms with van der Waals surface area (Å²) in [5.74, 6) is 0.362. The smallest absolute Gasteiger partial charge is 0.263 e. The molecule has 3 aromatic carbocycles. The van der Waals surface area contributed by atoms with Crippen LogP contribution in [0.3, 0.4) is 0 Å². The van der Waals surface area contributed by atoms with Crippen molar-refractivity contribution in [1.82, 2.24) is 9.55 Å². The molecular formula is C34H34N4O4S. The molecule has 0 atom stereocenters. The predicted octanol–water partition coefficient (Wildman–Crippen LogP) is 6.36. The first-order valence-electron chi connectivity index (χ1n) is 14.6. The van der Waals surface area contributed by atoms with E-state index in [-0.39, 0.29) is 28.5 Å². The summed E-state index contributed by atoms with van der Waals surface area (Å²) in [4.78, 5) is 44.2. The van der Waals surface area contributed by atoms with Gasteiger partial charge in [0.25, 0.3) is 5.56 Å². The number of benzene rings is 3. The average molecular weight is 595 g/mol. The average Bonchev–Trinajstić information content (AvgIpc) is 3.01. The molecule has 0 bridgehead atoms. The highest BCUT2D eigenvalue weighted by molar-refractivity contribution is 7.99. The number of rotatable bonds is 7. The lowest BCUT2D eigenvalue weighted by molar-refractivity contribution is -0.114. The summed E-state index contributed by atoms with van der Waals surface area (Å²) in [6, 6.07) is 22.6. The third kappa shape index (κ3) is 5.82. The lowest BCUT2D eigenvalue weighted by Gasteiger charge is -2.42. The maximum Gasteiger partial charge on any atom is 0.263 e. The van der Waals surface area contributed by atoms with E-state index in [2.05, 4.69) is 28.8 Å². The van der Waals surface area contributed by atoms with Crippen LogP contribution in [0.2, 0.25) is 0 Å². The van der Waals surface area contributed by atoms with Gasteiger partial charge in [0.1, 0.15) is 5.75 Å². The quantitative estimate of drug-likeness (QED) is 0.191. The summed E-state index contributed by atoms with van der Waals surface area (Å²) in [7, 11) is 1.61. The Kier molecular flexibility index (Phi) is 8.08. The highest BCUT2D eigenvalue weighted by Gasteiger charge is 2.43. The van der Waals surface area contributed by atoms with E-state index in [1.54, 1.807) is 35.9 Å². The number of amides is 2. The Balaban J connectivity index is 1.39. The number of thioether (sulfide) groups is 1. The van der Waals surface area contributed by atoms with E-state index in [9.17, 15) is 14.4 Å². The van der Waals surface area contributed by atoms with Gasteiger partial charge in [0.2, 0.25) is 11.8 Å². The molecule has 9 heteroatoms. The summed E-state index contributed by atoms with van der Waals surface area (Å²) >= 11 is 1.24. The normalized spacial score (nSPS) is 14.8. The van der Waals surface area contributed by atoms with Crippen LogP contribution in [0, 0.1) is 0 Å². The van der Waals surface area contributed by atoms with Crippen molar-refractivity contribution in [1.29, 1.82) is 0 Å². The zero-order valence-corrected chi connectivity index (χ0v) is 25.1. The maximum atomic E-state index is 14.7. The van der Waals surface area contributed by atoms with E-state index < -0.39 is 0 Å². The van der Waals surface area contributed by atoms with Crippen LogP contribution in [-0.2, 0) is 21.4 Å².